The van der Waals surface area contributed by atoms with E-state index >= 15 is 0 Å². The normalized spacial score (nSPS) is 11.0. The summed E-state index contributed by atoms with van der Waals surface area (Å²) in [6.07, 6.45) is 4.19. The van der Waals surface area contributed by atoms with Crippen LogP contribution in [0.15, 0.2) is 226 Å². The van der Waals surface area contributed by atoms with Crippen LogP contribution in [0.5, 0.6) is 23.0 Å². The Balaban J connectivity index is 0.000000173. The summed E-state index contributed by atoms with van der Waals surface area (Å²) >= 11 is 11.7. The number of ether oxygens (including phenoxy) is 4. The standard InChI is InChI=1S/C24H26N2O5.C23H24N2O3.2C21H20ClN3O2/c1-16-12-18(14-21-22(30-3)6-5-7-23(21)31-4)24(28)26(25-16)15-19(27)13-17-8-10-20(29-2)11-9-17;1-16-8-10-18(11-9-16)13-21(26)15-25-23(27)20(12-17(2)24-25)14-19-6-4-5-7-22(19)28-3;1-14-4-3-5-19(23-14)12-17-10-15(2)24-25(21(17)27)13-20(26)11-16-6-8-18(22)9-7-16;1-14-11-17(13-19-5-3-4-10-23-19)21(27)25(24-14)15(2)20(26)12-16-6-8-18(22)9-7-16/h5-12H,13-15H2,1-4H3;4-12H,13-15H2,1-3H3;3-10H,11-13H2,1-2H3;3-11,15H,12-13H2,1-2H3. The smallest absolute Gasteiger partial charge is 0.271 e. The van der Waals surface area contributed by atoms with Crippen molar-refractivity contribution >= 4 is 46.3 Å². The molecule has 24 heteroatoms. The summed E-state index contributed by atoms with van der Waals surface area (Å²) < 4.78 is 26.4. The van der Waals surface area contributed by atoms with Gasteiger partial charge in [0, 0.05) is 113 Å². The van der Waals surface area contributed by atoms with Crippen molar-refractivity contribution in [2.75, 3.05) is 28.4 Å². The van der Waals surface area contributed by atoms with Crippen LogP contribution in [0, 0.1) is 41.5 Å². The highest BCUT2D eigenvalue weighted by atomic mass is 35.5. The molecule has 0 fully saturated rings. The molecule has 6 aromatic heterocycles. The number of methoxy groups -OCH3 is 4. The molecule has 0 amide bonds. The van der Waals surface area contributed by atoms with E-state index in [0.717, 1.165) is 67.5 Å². The van der Waals surface area contributed by atoms with Gasteiger partial charge in [-0.05, 0) is 179 Å². The van der Waals surface area contributed by atoms with Crippen molar-refractivity contribution in [2.45, 2.75) is 126 Å². The Hall–Kier alpha value is -12.4. The Labute approximate surface area is 665 Å². The summed E-state index contributed by atoms with van der Waals surface area (Å²) in [7, 11) is 6.35. The van der Waals surface area contributed by atoms with E-state index in [1.54, 1.807) is 109 Å². The van der Waals surface area contributed by atoms with Crippen molar-refractivity contribution in [2.24, 2.45) is 0 Å². The van der Waals surface area contributed by atoms with Crippen LogP contribution in [0.3, 0.4) is 0 Å². The summed E-state index contributed by atoms with van der Waals surface area (Å²) in [5, 5.41) is 18.3. The summed E-state index contributed by atoms with van der Waals surface area (Å²) in [5.41, 5.74) is 12.8. The van der Waals surface area contributed by atoms with Gasteiger partial charge in [-0.2, -0.15) is 20.4 Å². The van der Waals surface area contributed by atoms with Crippen LogP contribution in [-0.4, -0.2) is 101 Å². The fourth-order valence-electron chi connectivity index (χ4n) is 12.5. The highest BCUT2D eigenvalue weighted by molar-refractivity contribution is 6.30. The van der Waals surface area contributed by atoms with Crippen LogP contribution in [0.25, 0.3) is 0 Å². The number of rotatable bonds is 28. The number of nitrogens with zero attached hydrogens (tertiary/aromatic N) is 10. The molecule has 582 valence electrons. The quantitative estimate of drug-likeness (QED) is 0.0441. The van der Waals surface area contributed by atoms with Crippen LogP contribution >= 0.6 is 23.2 Å². The molecule has 1 unspecified atom stereocenters. The van der Waals surface area contributed by atoms with Crippen LogP contribution in [0.1, 0.15) is 114 Å². The zero-order valence-electron chi connectivity index (χ0n) is 65.1. The van der Waals surface area contributed by atoms with Crippen molar-refractivity contribution in [1.82, 2.24) is 49.1 Å². The molecule has 12 rings (SSSR count). The lowest BCUT2D eigenvalue weighted by atomic mass is 10.0. The third-order valence-corrected chi connectivity index (χ3v) is 18.5. The summed E-state index contributed by atoms with van der Waals surface area (Å²) in [4.78, 5) is 110. The number of aryl methyl sites for hydroxylation is 6. The largest absolute Gasteiger partial charge is 0.497 e. The maximum absolute atomic E-state index is 13.0. The number of aromatic nitrogens is 10. The third kappa shape index (κ3) is 25.1. The molecule has 0 saturated carbocycles. The molecule has 113 heavy (non-hydrogen) atoms. The summed E-state index contributed by atoms with van der Waals surface area (Å²) in [6, 6.07) is 60.1. The van der Waals surface area contributed by atoms with Crippen molar-refractivity contribution in [3.05, 3.63) is 359 Å². The van der Waals surface area contributed by atoms with Crippen molar-refractivity contribution in [3.8, 4) is 23.0 Å². The predicted octanol–water partition coefficient (Wildman–Crippen LogP) is 13.1. The van der Waals surface area contributed by atoms with E-state index < -0.39 is 6.04 Å². The number of benzene rings is 6. The number of carbonyl (C=O) groups is 4. The molecular formula is C89H90Cl2N10O12. The lowest BCUT2D eigenvalue weighted by Crippen LogP contribution is -2.33. The van der Waals surface area contributed by atoms with Gasteiger partial charge in [0.25, 0.3) is 22.2 Å². The van der Waals surface area contributed by atoms with Crippen molar-refractivity contribution < 1.29 is 38.1 Å². The SMILES string of the molecule is COc1ccc(CC(=O)Cn2nc(C)cc(Cc3c(OC)cccc3OC)c2=O)cc1.COc1ccccc1Cc1cc(C)nn(CC(=O)Cc2ccc(C)cc2)c1=O.Cc1cc(Cc2ccccn2)c(=O)n(C(C)C(=O)Cc2ccc(Cl)cc2)n1.Cc1cccc(Cc2cc(C)nn(CC(=O)Cc3ccc(Cl)cc3)c2=O)n1. The first-order valence-electron chi connectivity index (χ1n) is 36.5. The maximum Gasteiger partial charge on any atom is 0.271 e. The van der Waals surface area contributed by atoms with Gasteiger partial charge in [-0.3, -0.25) is 48.3 Å². The van der Waals surface area contributed by atoms with Gasteiger partial charge < -0.3 is 18.9 Å². The van der Waals surface area contributed by atoms with E-state index in [2.05, 4.69) is 30.4 Å². The van der Waals surface area contributed by atoms with E-state index in [1.807, 2.05) is 174 Å². The molecular weight excluding hydrogens is 1470 g/mol. The Bertz CT molecular complexity index is 5530. The van der Waals surface area contributed by atoms with E-state index in [-0.39, 0.29) is 90.7 Å². The zero-order chi connectivity index (χ0) is 81.3. The number of Topliss-reactive ketones (excluding diaryl/α,β-unsaturated/α-hetero) is 4. The summed E-state index contributed by atoms with van der Waals surface area (Å²) in [5.74, 6) is 2.41. The molecule has 1 atom stereocenters. The van der Waals surface area contributed by atoms with Gasteiger partial charge >= 0.3 is 0 Å². The minimum atomic E-state index is -0.657. The average Bonchev–Trinajstić information content (AvgIpc) is 0.824. The molecule has 0 bridgehead atoms. The number of hydrogen-bond donors (Lipinski definition) is 0. The van der Waals surface area contributed by atoms with Crippen molar-refractivity contribution in [3.63, 3.8) is 0 Å². The number of halogens is 2. The first-order valence-corrected chi connectivity index (χ1v) is 37.2. The second-order valence-corrected chi connectivity index (χ2v) is 28.1. The van der Waals surface area contributed by atoms with Crippen LogP contribution in [0.2, 0.25) is 10.0 Å². The molecule has 12 aromatic rings. The molecule has 0 radical (unpaired) electrons. The Morgan fingerprint density at radius 1 is 0.381 bits per heavy atom. The molecule has 6 heterocycles. The summed E-state index contributed by atoms with van der Waals surface area (Å²) in [6.45, 7) is 12.7. The highest BCUT2D eigenvalue weighted by Gasteiger charge is 2.22. The molecule has 6 aromatic carbocycles. The monoisotopic (exact) mass is 1560 g/mol. The molecule has 0 spiro atoms. The number of pyridine rings is 2. The molecule has 0 aliphatic rings. The minimum Gasteiger partial charge on any atom is -0.497 e. The molecule has 0 saturated heterocycles. The van der Waals surface area contributed by atoms with Gasteiger partial charge in [-0.15, -0.1) is 0 Å². The van der Waals surface area contributed by atoms with E-state index in [9.17, 15) is 38.4 Å². The van der Waals surface area contributed by atoms with Gasteiger partial charge in [0.1, 0.15) is 48.7 Å². The predicted molar refractivity (Wildman–Crippen MR) is 437 cm³/mol. The van der Waals surface area contributed by atoms with E-state index in [1.165, 1.54) is 18.7 Å². The van der Waals surface area contributed by atoms with Gasteiger partial charge in [0.2, 0.25) is 0 Å². The molecule has 0 aliphatic heterocycles. The Morgan fingerprint density at radius 3 is 1.25 bits per heavy atom. The highest BCUT2D eigenvalue weighted by Crippen LogP contribution is 2.30. The minimum absolute atomic E-state index is 0.0344. The number of carbonyl (C=O) groups excluding carboxylic acids is 4. The third-order valence-electron chi connectivity index (χ3n) is 18.0. The Kier molecular flexibility index (Phi) is 30.7. The maximum atomic E-state index is 13.0. The van der Waals surface area contributed by atoms with E-state index in [4.69, 9.17) is 42.1 Å². The lowest BCUT2D eigenvalue weighted by molar-refractivity contribution is -0.121. The van der Waals surface area contributed by atoms with Gasteiger partial charge in [0.05, 0.1) is 51.2 Å². The van der Waals surface area contributed by atoms with Gasteiger partial charge in [0.15, 0.2) is 23.1 Å². The van der Waals surface area contributed by atoms with Crippen LogP contribution in [-0.2, 0) is 90.2 Å². The molecule has 22 nitrogen and oxygen atoms in total. The zero-order valence-corrected chi connectivity index (χ0v) is 66.6. The fraction of sp³-hybridized carbons (Fsp3) is 0.258. The van der Waals surface area contributed by atoms with E-state index in [0.29, 0.717) is 92.3 Å². The number of hydrogen-bond acceptors (Lipinski definition) is 18. The Morgan fingerprint density at radius 2 is 0.779 bits per heavy atom. The first-order chi connectivity index (χ1) is 54.2. The van der Waals surface area contributed by atoms with Gasteiger partial charge in [-0.25, -0.2) is 18.7 Å². The second-order valence-electron chi connectivity index (χ2n) is 27.2. The molecule has 0 N–H and O–H groups in total. The molecule has 0 aliphatic carbocycles. The lowest BCUT2D eigenvalue weighted by Gasteiger charge is -2.15. The number of para-hydroxylation sites is 1. The fourth-order valence-corrected chi connectivity index (χ4v) is 12.7. The second kappa shape index (κ2) is 41.0. The van der Waals surface area contributed by atoms with Crippen LogP contribution in [0.4, 0.5) is 0 Å². The first kappa shape index (κ1) is 84.6. The van der Waals surface area contributed by atoms with Gasteiger partial charge in [-0.1, -0.05) is 126 Å². The van der Waals surface area contributed by atoms with Crippen LogP contribution < -0.4 is 41.2 Å². The topological polar surface area (TPSA) is 271 Å². The average molecular weight is 1560 g/mol. The van der Waals surface area contributed by atoms with Crippen molar-refractivity contribution in [1.29, 1.82) is 0 Å². The number of ketones is 4.